The Morgan fingerprint density at radius 3 is 2.75 bits per heavy atom. The lowest BCUT2D eigenvalue weighted by Gasteiger charge is -1.87. The summed E-state index contributed by atoms with van der Waals surface area (Å²) in [6.07, 6.45) is 0. The average Bonchev–Trinajstić information content (AvgIpc) is 2.72. The molecule has 0 aromatic carbocycles. The van der Waals surface area contributed by atoms with Crippen LogP contribution in [0.4, 0.5) is 5.13 Å². The summed E-state index contributed by atoms with van der Waals surface area (Å²) in [5, 5.41) is 4.34. The first-order chi connectivity index (χ1) is 7.56. The zero-order valence-corrected chi connectivity index (χ0v) is 9.71. The van der Waals surface area contributed by atoms with Crippen LogP contribution in [0, 0.1) is 13.8 Å². The van der Waals surface area contributed by atoms with Crippen molar-refractivity contribution in [3.8, 4) is 10.6 Å². The van der Waals surface area contributed by atoms with Gasteiger partial charge in [0.15, 0.2) is 11.7 Å². The highest BCUT2D eigenvalue weighted by atomic mass is 32.1. The number of thiazole rings is 1. The molecule has 2 heterocycles. The van der Waals surface area contributed by atoms with Gasteiger partial charge < -0.3 is 16.0 Å². The second-order valence-corrected chi connectivity index (χ2v) is 4.26. The van der Waals surface area contributed by atoms with Gasteiger partial charge in [0.1, 0.15) is 0 Å². The second kappa shape index (κ2) is 3.93. The average molecular weight is 237 g/mol. The summed E-state index contributed by atoms with van der Waals surface area (Å²) < 4.78 is 5.16. The van der Waals surface area contributed by atoms with Gasteiger partial charge in [0, 0.05) is 6.07 Å². The molecule has 0 saturated carbocycles. The van der Waals surface area contributed by atoms with Crippen LogP contribution in [0.2, 0.25) is 0 Å². The van der Waals surface area contributed by atoms with Crippen LogP contribution in [0.3, 0.4) is 0 Å². The maximum Gasteiger partial charge on any atom is 0.213 e. The summed E-state index contributed by atoms with van der Waals surface area (Å²) in [6.45, 7) is 3.73. The maximum atomic E-state index is 5.29. The molecule has 6 nitrogen and oxygen atoms in total. The highest BCUT2D eigenvalue weighted by molar-refractivity contribution is 7.18. The van der Waals surface area contributed by atoms with Crippen molar-refractivity contribution in [1.82, 2.24) is 10.1 Å². The van der Waals surface area contributed by atoms with Gasteiger partial charge in [-0.2, -0.15) is 4.99 Å². The lowest BCUT2D eigenvalue weighted by molar-refractivity contribution is 0.427. The number of nitrogens with zero attached hydrogens (tertiary/aromatic N) is 3. The largest absolute Gasteiger partial charge is 0.370 e. The fraction of sp³-hybridized carbons (Fsp3) is 0.222. The van der Waals surface area contributed by atoms with Gasteiger partial charge >= 0.3 is 0 Å². The van der Waals surface area contributed by atoms with Crippen LogP contribution in [0.25, 0.3) is 10.6 Å². The van der Waals surface area contributed by atoms with E-state index in [0.29, 0.717) is 10.9 Å². The quantitative estimate of drug-likeness (QED) is 0.605. The van der Waals surface area contributed by atoms with Crippen LogP contribution < -0.4 is 11.5 Å². The first-order valence-corrected chi connectivity index (χ1v) is 5.38. The van der Waals surface area contributed by atoms with Crippen molar-refractivity contribution in [2.24, 2.45) is 16.5 Å². The molecule has 4 N–H and O–H groups in total. The van der Waals surface area contributed by atoms with Crippen LogP contribution >= 0.6 is 11.3 Å². The van der Waals surface area contributed by atoms with E-state index in [1.165, 1.54) is 11.3 Å². The number of aromatic nitrogens is 2. The minimum atomic E-state index is -0.00551. The Hall–Kier alpha value is -1.89. The van der Waals surface area contributed by atoms with E-state index in [0.717, 1.165) is 16.3 Å². The third kappa shape index (κ3) is 2.03. The SMILES string of the molecule is Cc1cc(-c2sc(N=C(N)N)nc2C)on1. The number of nitrogens with two attached hydrogens (primary N) is 2. The fourth-order valence-corrected chi connectivity index (χ4v) is 2.15. The molecular weight excluding hydrogens is 226 g/mol. The van der Waals surface area contributed by atoms with Crippen LogP contribution in [0.1, 0.15) is 11.4 Å². The molecular formula is C9H11N5OS. The van der Waals surface area contributed by atoms with Crippen LogP contribution in [0.5, 0.6) is 0 Å². The molecule has 0 atom stereocenters. The van der Waals surface area contributed by atoms with Gasteiger partial charge in [-0.3, -0.25) is 0 Å². The van der Waals surface area contributed by atoms with Gasteiger partial charge in [0.2, 0.25) is 5.13 Å². The molecule has 84 valence electrons. The molecule has 0 fully saturated rings. The van der Waals surface area contributed by atoms with Crippen molar-refractivity contribution >= 4 is 22.4 Å². The van der Waals surface area contributed by atoms with Crippen molar-refractivity contribution < 1.29 is 4.52 Å². The minimum absolute atomic E-state index is 0.00551. The third-order valence-corrected chi connectivity index (χ3v) is 2.93. The molecule has 2 aromatic rings. The summed E-state index contributed by atoms with van der Waals surface area (Å²) in [6, 6.07) is 1.85. The van der Waals surface area contributed by atoms with E-state index in [2.05, 4.69) is 15.1 Å². The topological polar surface area (TPSA) is 103 Å². The van der Waals surface area contributed by atoms with Gasteiger partial charge in [-0.15, -0.1) is 0 Å². The van der Waals surface area contributed by atoms with E-state index in [-0.39, 0.29) is 5.96 Å². The normalized spacial score (nSPS) is 10.4. The van der Waals surface area contributed by atoms with Crippen LogP contribution in [-0.4, -0.2) is 16.1 Å². The van der Waals surface area contributed by atoms with E-state index < -0.39 is 0 Å². The first-order valence-electron chi connectivity index (χ1n) is 4.57. The van der Waals surface area contributed by atoms with Crippen molar-refractivity contribution in [3.63, 3.8) is 0 Å². The lowest BCUT2D eigenvalue weighted by Crippen LogP contribution is -2.21. The van der Waals surface area contributed by atoms with Gasteiger partial charge in [-0.25, -0.2) is 4.98 Å². The monoisotopic (exact) mass is 237 g/mol. The van der Waals surface area contributed by atoms with E-state index >= 15 is 0 Å². The highest BCUT2D eigenvalue weighted by Crippen LogP contribution is 2.34. The predicted molar refractivity (Wildman–Crippen MR) is 62.6 cm³/mol. The molecule has 0 aliphatic rings. The maximum absolute atomic E-state index is 5.29. The fourth-order valence-electron chi connectivity index (χ4n) is 1.24. The number of hydrogen-bond acceptors (Lipinski definition) is 5. The number of hydrogen-bond donors (Lipinski definition) is 2. The zero-order chi connectivity index (χ0) is 11.7. The first kappa shape index (κ1) is 10.6. The Balaban J connectivity index is 2.43. The Labute approximate surface area is 96.0 Å². The molecule has 0 aliphatic heterocycles. The molecule has 0 spiro atoms. The number of rotatable bonds is 2. The molecule has 0 saturated heterocycles. The van der Waals surface area contributed by atoms with E-state index in [1.807, 2.05) is 19.9 Å². The van der Waals surface area contributed by atoms with E-state index in [1.54, 1.807) is 0 Å². The van der Waals surface area contributed by atoms with Gasteiger partial charge in [0.25, 0.3) is 0 Å². The number of aliphatic imine (C=N–C) groups is 1. The molecule has 0 aliphatic carbocycles. The molecule has 0 amide bonds. The molecule has 16 heavy (non-hydrogen) atoms. The number of aryl methyl sites for hydroxylation is 2. The van der Waals surface area contributed by atoms with E-state index in [9.17, 15) is 0 Å². The molecule has 2 rings (SSSR count). The molecule has 0 radical (unpaired) electrons. The summed E-state index contributed by atoms with van der Waals surface area (Å²) >= 11 is 1.36. The van der Waals surface area contributed by atoms with Gasteiger partial charge in [-0.05, 0) is 13.8 Å². The number of guanidine groups is 1. The third-order valence-electron chi connectivity index (χ3n) is 1.86. The van der Waals surface area contributed by atoms with Crippen molar-refractivity contribution in [2.75, 3.05) is 0 Å². The summed E-state index contributed by atoms with van der Waals surface area (Å²) in [4.78, 5) is 9.00. The summed E-state index contributed by atoms with van der Waals surface area (Å²) in [5.74, 6) is 0.679. The van der Waals surface area contributed by atoms with Crippen LogP contribution in [-0.2, 0) is 0 Å². The van der Waals surface area contributed by atoms with Gasteiger partial charge in [-0.1, -0.05) is 16.5 Å². The Kier molecular flexibility index (Phi) is 2.61. The molecule has 2 aromatic heterocycles. The lowest BCUT2D eigenvalue weighted by atomic mass is 10.3. The minimum Gasteiger partial charge on any atom is -0.370 e. The smallest absolute Gasteiger partial charge is 0.213 e. The Bertz CT molecular complexity index is 538. The van der Waals surface area contributed by atoms with Crippen molar-refractivity contribution in [3.05, 3.63) is 17.5 Å². The summed E-state index contributed by atoms with van der Waals surface area (Å²) in [5.41, 5.74) is 12.2. The second-order valence-electron chi connectivity index (χ2n) is 3.28. The van der Waals surface area contributed by atoms with Crippen molar-refractivity contribution in [2.45, 2.75) is 13.8 Å². The van der Waals surface area contributed by atoms with Crippen molar-refractivity contribution in [1.29, 1.82) is 0 Å². The standard InChI is InChI=1S/C9H11N5OS/c1-4-3-6(15-14-4)7-5(2)12-9(16-7)13-8(10)11/h3H,1-2H3,(H4,10,11,12,13). The Morgan fingerprint density at radius 2 is 2.19 bits per heavy atom. The Morgan fingerprint density at radius 1 is 1.44 bits per heavy atom. The van der Waals surface area contributed by atoms with Gasteiger partial charge in [0.05, 0.1) is 16.3 Å². The molecule has 0 unspecified atom stereocenters. The van der Waals surface area contributed by atoms with E-state index in [4.69, 9.17) is 16.0 Å². The highest BCUT2D eigenvalue weighted by Gasteiger charge is 2.13. The van der Waals surface area contributed by atoms with Crippen LogP contribution in [0.15, 0.2) is 15.6 Å². The zero-order valence-electron chi connectivity index (χ0n) is 8.89. The predicted octanol–water partition coefficient (Wildman–Crippen LogP) is 1.32. The molecule has 0 bridgehead atoms. The summed E-state index contributed by atoms with van der Waals surface area (Å²) in [7, 11) is 0. The molecule has 7 heteroatoms.